The van der Waals surface area contributed by atoms with Crippen LogP contribution in [0.15, 0.2) is 30.3 Å². The van der Waals surface area contributed by atoms with Gasteiger partial charge in [-0.3, -0.25) is 9.89 Å². The lowest BCUT2D eigenvalue weighted by molar-refractivity contribution is -0.116. The molecule has 0 saturated heterocycles. The number of hydrogen-bond donors (Lipinski definition) is 2. The molecule has 0 aliphatic rings. The van der Waals surface area contributed by atoms with Crippen molar-refractivity contribution >= 4 is 11.7 Å². The van der Waals surface area contributed by atoms with Gasteiger partial charge in [0.05, 0.1) is 0 Å². The predicted molar refractivity (Wildman–Crippen MR) is 80.7 cm³/mol. The SMILES string of the molecule is CCCc1cc(NC(=O)CCc2ccc(C)cc2)n[nH]1. The van der Waals surface area contributed by atoms with Gasteiger partial charge in [0.25, 0.3) is 0 Å². The minimum Gasteiger partial charge on any atom is -0.309 e. The summed E-state index contributed by atoms with van der Waals surface area (Å²) in [4.78, 5) is 11.9. The smallest absolute Gasteiger partial charge is 0.225 e. The highest BCUT2D eigenvalue weighted by atomic mass is 16.1. The second-order valence-electron chi connectivity index (χ2n) is 5.06. The van der Waals surface area contributed by atoms with Gasteiger partial charge >= 0.3 is 0 Å². The lowest BCUT2D eigenvalue weighted by atomic mass is 10.1. The van der Waals surface area contributed by atoms with E-state index in [1.54, 1.807) is 0 Å². The zero-order chi connectivity index (χ0) is 14.4. The van der Waals surface area contributed by atoms with E-state index in [4.69, 9.17) is 0 Å². The fourth-order valence-electron chi connectivity index (χ4n) is 2.04. The van der Waals surface area contributed by atoms with Crippen molar-refractivity contribution in [1.82, 2.24) is 10.2 Å². The first-order valence-electron chi connectivity index (χ1n) is 7.07. The van der Waals surface area contributed by atoms with Gasteiger partial charge in [0.15, 0.2) is 5.82 Å². The maximum absolute atomic E-state index is 11.9. The third-order valence-corrected chi connectivity index (χ3v) is 3.18. The van der Waals surface area contributed by atoms with E-state index in [2.05, 4.69) is 53.6 Å². The summed E-state index contributed by atoms with van der Waals surface area (Å²) in [5, 5.41) is 9.83. The average Bonchev–Trinajstić information content (AvgIpc) is 2.86. The third kappa shape index (κ3) is 4.23. The highest BCUT2D eigenvalue weighted by Gasteiger charge is 2.06. The molecule has 0 bridgehead atoms. The number of nitrogens with one attached hydrogen (secondary N) is 2. The van der Waals surface area contributed by atoms with E-state index in [9.17, 15) is 4.79 Å². The van der Waals surface area contributed by atoms with E-state index in [1.807, 2.05) is 6.07 Å². The van der Waals surface area contributed by atoms with Crippen LogP contribution in [0, 0.1) is 6.92 Å². The zero-order valence-corrected chi connectivity index (χ0v) is 12.1. The summed E-state index contributed by atoms with van der Waals surface area (Å²) in [5.74, 6) is 0.613. The monoisotopic (exact) mass is 271 g/mol. The summed E-state index contributed by atoms with van der Waals surface area (Å²) >= 11 is 0. The molecule has 1 heterocycles. The number of aromatic nitrogens is 2. The number of amides is 1. The van der Waals surface area contributed by atoms with Crippen molar-refractivity contribution in [2.24, 2.45) is 0 Å². The van der Waals surface area contributed by atoms with Gasteiger partial charge in [0.2, 0.25) is 5.91 Å². The Labute approximate surface area is 119 Å². The number of rotatable bonds is 6. The van der Waals surface area contributed by atoms with E-state index in [0.717, 1.165) is 25.0 Å². The second kappa shape index (κ2) is 6.89. The molecule has 0 unspecified atom stereocenters. The Kier molecular flexibility index (Phi) is 4.93. The van der Waals surface area contributed by atoms with E-state index >= 15 is 0 Å². The van der Waals surface area contributed by atoms with Gasteiger partial charge in [-0.05, 0) is 25.3 Å². The number of aryl methyl sites for hydroxylation is 3. The molecule has 2 rings (SSSR count). The van der Waals surface area contributed by atoms with Crippen molar-refractivity contribution in [3.05, 3.63) is 47.2 Å². The molecule has 0 radical (unpaired) electrons. The van der Waals surface area contributed by atoms with Crippen LogP contribution in [0.25, 0.3) is 0 Å². The number of nitrogens with zero attached hydrogens (tertiary/aromatic N) is 1. The van der Waals surface area contributed by atoms with Gasteiger partial charge in [-0.1, -0.05) is 43.2 Å². The minimum absolute atomic E-state index is 0.000114. The summed E-state index contributed by atoms with van der Waals surface area (Å²) in [5.41, 5.74) is 3.47. The van der Waals surface area contributed by atoms with Crippen molar-refractivity contribution in [3.63, 3.8) is 0 Å². The fourth-order valence-corrected chi connectivity index (χ4v) is 2.04. The zero-order valence-electron chi connectivity index (χ0n) is 12.1. The molecule has 1 amide bonds. The number of H-pyrrole nitrogens is 1. The molecule has 0 atom stereocenters. The van der Waals surface area contributed by atoms with Crippen molar-refractivity contribution in [2.45, 2.75) is 39.5 Å². The summed E-state index contributed by atoms with van der Waals surface area (Å²) in [6.45, 7) is 4.17. The molecular weight excluding hydrogens is 250 g/mol. The molecule has 4 heteroatoms. The molecule has 106 valence electrons. The van der Waals surface area contributed by atoms with Crippen molar-refractivity contribution < 1.29 is 4.79 Å². The first-order chi connectivity index (χ1) is 9.67. The normalized spacial score (nSPS) is 10.5. The highest BCUT2D eigenvalue weighted by Crippen LogP contribution is 2.09. The van der Waals surface area contributed by atoms with Crippen LogP contribution >= 0.6 is 0 Å². The van der Waals surface area contributed by atoms with Gasteiger partial charge in [-0.25, -0.2) is 0 Å². The second-order valence-corrected chi connectivity index (χ2v) is 5.06. The molecule has 0 aliphatic heterocycles. The lowest BCUT2D eigenvalue weighted by Gasteiger charge is -2.02. The van der Waals surface area contributed by atoms with Crippen LogP contribution in [-0.4, -0.2) is 16.1 Å². The molecule has 1 aromatic heterocycles. The molecule has 20 heavy (non-hydrogen) atoms. The molecule has 4 nitrogen and oxygen atoms in total. The average molecular weight is 271 g/mol. The van der Waals surface area contributed by atoms with E-state index in [1.165, 1.54) is 11.1 Å². The van der Waals surface area contributed by atoms with Gasteiger partial charge < -0.3 is 5.32 Å². The van der Waals surface area contributed by atoms with E-state index in [-0.39, 0.29) is 5.91 Å². The molecule has 0 aliphatic carbocycles. The van der Waals surface area contributed by atoms with Gasteiger partial charge in [0.1, 0.15) is 0 Å². The standard InChI is InChI=1S/C16H21N3O/c1-3-4-14-11-15(19-18-14)17-16(20)10-9-13-7-5-12(2)6-8-13/h5-8,11H,3-4,9-10H2,1-2H3,(H2,17,18,19,20). The first-order valence-corrected chi connectivity index (χ1v) is 7.07. The summed E-state index contributed by atoms with van der Waals surface area (Å²) in [7, 11) is 0. The number of anilines is 1. The van der Waals surface area contributed by atoms with Gasteiger partial charge in [-0.15, -0.1) is 0 Å². The molecule has 2 aromatic rings. The summed E-state index contributed by atoms with van der Waals surface area (Å²) in [6, 6.07) is 10.2. The van der Waals surface area contributed by atoms with E-state index in [0.29, 0.717) is 12.2 Å². The fraction of sp³-hybridized carbons (Fsp3) is 0.375. The van der Waals surface area contributed by atoms with Crippen molar-refractivity contribution in [1.29, 1.82) is 0 Å². The van der Waals surface area contributed by atoms with Crippen LogP contribution < -0.4 is 5.32 Å². The Morgan fingerprint density at radius 1 is 1.25 bits per heavy atom. The Bertz CT molecular complexity index is 557. The molecule has 1 aromatic carbocycles. The number of carbonyl (C=O) groups is 1. The van der Waals surface area contributed by atoms with Crippen LogP contribution in [0.2, 0.25) is 0 Å². The maximum atomic E-state index is 11.9. The van der Waals surface area contributed by atoms with Crippen LogP contribution in [0.1, 0.15) is 36.6 Å². The first kappa shape index (κ1) is 14.3. The molecule has 0 spiro atoms. The van der Waals surface area contributed by atoms with Crippen LogP contribution in [0.4, 0.5) is 5.82 Å². The largest absolute Gasteiger partial charge is 0.309 e. The van der Waals surface area contributed by atoms with Gasteiger partial charge in [-0.2, -0.15) is 5.10 Å². The number of hydrogen-bond acceptors (Lipinski definition) is 2. The summed E-state index contributed by atoms with van der Waals surface area (Å²) < 4.78 is 0. The topological polar surface area (TPSA) is 57.8 Å². The molecule has 0 fully saturated rings. The van der Waals surface area contributed by atoms with E-state index < -0.39 is 0 Å². The Hall–Kier alpha value is -2.10. The number of carbonyl (C=O) groups excluding carboxylic acids is 1. The number of aromatic amines is 1. The molecule has 0 saturated carbocycles. The minimum atomic E-state index is 0.000114. The Balaban J connectivity index is 1.81. The summed E-state index contributed by atoms with van der Waals surface area (Å²) in [6.07, 6.45) is 3.23. The Morgan fingerprint density at radius 3 is 2.70 bits per heavy atom. The van der Waals surface area contributed by atoms with Crippen LogP contribution in [-0.2, 0) is 17.6 Å². The predicted octanol–water partition coefficient (Wildman–Crippen LogP) is 3.24. The third-order valence-electron chi connectivity index (χ3n) is 3.18. The maximum Gasteiger partial charge on any atom is 0.225 e. The molecular formula is C16H21N3O. The van der Waals surface area contributed by atoms with Crippen LogP contribution in [0.5, 0.6) is 0 Å². The lowest BCUT2D eigenvalue weighted by Crippen LogP contribution is -2.12. The van der Waals surface area contributed by atoms with Crippen molar-refractivity contribution in [2.75, 3.05) is 5.32 Å². The quantitative estimate of drug-likeness (QED) is 0.847. The number of benzene rings is 1. The van der Waals surface area contributed by atoms with Gasteiger partial charge in [0, 0.05) is 18.2 Å². The van der Waals surface area contributed by atoms with Crippen LogP contribution in [0.3, 0.4) is 0 Å². The highest BCUT2D eigenvalue weighted by molar-refractivity contribution is 5.89. The Morgan fingerprint density at radius 2 is 2.00 bits per heavy atom. The molecule has 2 N–H and O–H groups in total. The van der Waals surface area contributed by atoms with Crippen molar-refractivity contribution in [3.8, 4) is 0 Å².